The lowest BCUT2D eigenvalue weighted by molar-refractivity contribution is 0.631. The molecular formula is C15H19N3. The maximum absolute atomic E-state index is 4.81. The van der Waals surface area contributed by atoms with Gasteiger partial charge < -0.3 is 9.88 Å². The number of hydrogen-bond acceptors (Lipinski definition) is 2. The van der Waals surface area contributed by atoms with E-state index >= 15 is 0 Å². The summed E-state index contributed by atoms with van der Waals surface area (Å²) < 4.78 is 2.48. The van der Waals surface area contributed by atoms with Gasteiger partial charge in [0, 0.05) is 25.0 Å². The van der Waals surface area contributed by atoms with Gasteiger partial charge in [-0.05, 0) is 37.8 Å². The van der Waals surface area contributed by atoms with Crippen molar-refractivity contribution in [3.8, 4) is 0 Å². The first-order valence-electron chi connectivity index (χ1n) is 7.11. The van der Waals surface area contributed by atoms with E-state index in [1.54, 1.807) is 0 Å². The molecule has 0 atom stereocenters. The number of rotatable bonds is 5. The van der Waals surface area contributed by atoms with Crippen LogP contribution in [0.25, 0.3) is 11.0 Å². The number of nitrogens with one attached hydrogen (secondary N) is 1. The number of para-hydroxylation sites is 2. The summed E-state index contributed by atoms with van der Waals surface area (Å²) in [6.07, 6.45) is 6.42. The second-order valence-electron chi connectivity index (χ2n) is 5.60. The van der Waals surface area contributed by atoms with E-state index in [0.29, 0.717) is 6.04 Å². The van der Waals surface area contributed by atoms with E-state index in [2.05, 4.69) is 34.1 Å². The van der Waals surface area contributed by atoms with Gasteiger partial charge in [-0.1, -0.05) is 12.1 Å². The van der Waals surface area contributed by atoms with Crippen LogP contribution in [0.5, 0.6) is 0 Å². The summed E-state index contributed by atoms with van der Waals surface area (Å²) in [7, 11) is 0. The number of aromatic nitrogens is 2. The molecule has 0 amide bonds. The van der Waals surface area contributed by atoms with Crippen molar-refractivity contribution >= 4 is 11.0 Å². The van der Waals surface area contributed by atoms with Crippen LogP contribution in [-0.2, 0) is 6.42 Å². The van der Waals surface area contributed by atoms with E-state index in [4.69, 9.17) is 4.98 Å². The first kappa shape index (κ1) is 10.6. The average molecular weight is 241 g/mol. The Kier molecular flexibility index (Phi) is 2.40. The molecule has 0 unspecified atom stereocenters. The third-order valence-corrected chi connectivity index (χ3v) is 3.94. The van der Waals surface area contributed by atoms with Gasteiger partial charge in [-0.3, -0.25) is 0 Å². The molecule has 0 aliphatic heterocycles. The van der Waals surface area contributed by atoms with Gasteiger partial charge >= 0.3 is 0 Å². The molecule has 2 aromatic rings. The predicted octanol–water partition coefficient (Wildman–Crippen LogP) is 2.67. The van der Waals surface area contributed by atoms with E-state index in [0.717, 1.165) is 24.5 Å². The third kappa shape index (κ3) is 1.93. The maximum atomic E-state index is 4.81. The fraction of sp³-hybridized carbons (Fsp3) is 0.533. The Morgan fingerprint density at radius 2 is 2.00 bits per heavy atom. The summed E-state index contributed by atoms with van der Waals surface area (Å²) in [4.78, 5) is 4.81. The van der Waals surface area contributed by atoms with Crippen molar-refractivity contribution in [2.45, 2.75) is 44.2 Å². The van der Waals surface area contributed by atoms with Crippen molar-refractivity contribution < 1.29 is 0 Å². The lowest BCUT2D eigenvalue weighted by Crippen LogP contribution is -2.20. The van der Waals surface area contributed by atoms with Crippen LogP contribution in [0.15, 0.2) is 24.3 Å². The summed E-state index contributed by atoms with van der Waals surface area (Å²) >= 11 is 0. The maximum Gasteiger partial charge on any atom is 0.111 e. The van der Waals surface area contributed by atoms with Gasteiger partial charge in [0.15, 0.2) is 0 Å². The second kappa shape index (κ2) is 4.09. The molecule has 4 rings (SSSR count). The van der Waals surface area contributed by atoms with E-state index in [9.17, 15) is 0 Å². The van der Waals surface area contributed by atoms with Crippen molar-refractivity contribution in [1.82, 2.24) is 14.9 Å². The zero-order valence-corrected chi connectivity index (χ0v) is 10.6. The van der Waals surface area contributed by atoms with Gasteiger partial charge in [-0.2, -0.15) is 0 Å². The molecule has 2 aliphatic carbocycles. The van der Waals surface area contributed by atoms with Crippen LogP contribution in [0.4, 0.5) is 0 Å². The molecule has 0 bridgehead atoms. The molecule has 3 nitrogen and oxygen atoms in total. The van der Waals surface area contributed by atoms with E-state index in [1.807, 2.05) is 0 Å². The van der Waals surface area contributed by atoms with Crippen LogP contribution in [0, 0.1) is 0 Å². The number of hydrogen-bond donors (Lipinski definition) is 1. The quantitative estimate of drug-likeness (QED) is 0.872. The Bertz CT molecular complexity index is 564. The fourth-order valence-corrected chi connectivity index (χ4v) is 2.69. The van der Waals surface area contributed by atoms with Crippen LogP contribution >= 0.6 is 0 Å². The van der Waals surface area contributed by atoms with Gasteiger partial charge in [0.25, 0.3) is 0 Å². The summed E-state index contributed by atoms with van der Waals surface area (Å²) in [6, 6.07) is 10.1. The number of fused-ring (bicyclic) bond motifs is 1. The molecule has 0 spiro atoms. The Labute approximate surface area is 107 Å². The standard InChI is InChI=1S/C15H19N3/c1-2-4-14-13(3-1)17-15(18(14)12-7-8-12)9-10-16-11-5-6-11/h1-4,11-12,16H,5-10H2. The second-order valence-corrected chi connectivity index (χ2v) is 5.60. The summed E-state index contributed by atoms with van der Waals surface area (Å²) in [5, 5.41) is 3.58. The minimum atomic E-state index is 0.716. The molecule has 1 heterocycles. The Morgan fingerprint density at radius 3 is 2.78 bits per heavy atom. The minimum Gasteiger partial charge on any atom is -0.325 e. The van der Waals surface area contributed by atoms with Gasteiger partial charge in [-0.15, -0.1) is 0 Å². The van der Waals surface area contributed by atoms with E-state index in [1.165, 1.54) is 37.0 Å². The van der Waals surface area contributed by atoms with Crippen LogP contribution in [0.2, 0.25) is 0 Å². The summed E-state index contributed by atoms with van der Waals surface area (Å²) in [5.41, 5.74) is 2.48. The molecule has 1 aromatic carbocycles. The zero-order chi connectivity index (χ0) is 11.9. The smallest absolute Gasteiger partial charge is 0.111 e. The highest BCUT2D eigenvalue weighted by Gasteiger charge is 2.28. The first-order valence-corrected chi connectivity index (χ1v) is 7.11. The van der Waals surface area contributed by atoms with Crippen molar-refractivity contribution in [3.63, 3.8) is 0 Å². The molecule has 2 fully saturated rings. The largest absolute Gasteiger partial charge is 0.325 e. The van der Waals surface area contributed by atoms with Crippen molar-refractivity contribution in [1.29, 1.82) is 0 Å². The van der Waals surface area contributed by atoms with Crippen LogP contribution < -0.4 is 5.32 Å². The molecule has 0 radical (unpaired) electrons. The van der Waals surface area contributed by atoms with Gasteiger partial charge in [-0.25, -0.2) is 4.98 Å². The lowest BCUT2D eigenvalue weighted by atomic mass is 10.3. The highest BCUT2D eigenvalue weighted by Crippen LogP contribution is 2.38. The number of nitrogens with zero attached hydrogens (tertiary/aromatic N) is 2. The SMILES string of the molecule is c1ccc2c(c1)nc(CCNC1CC1)n2C1CC1. The molecule has 2 saturated carbocycles. The normalized spacial score (nSPS) is 19.6. The summed E-state index contributed by atoms with van der Waals surface area (Å²) in [6.45, 7) is 1.07. The molecule has 1 aromatic heterocycles. The molecule has 2 aliphatic rings. The Balaban J connectivity index is 1.62. The zero-order valence-electron chi connectivity index (χ0n) is 10.6. The van der Waals surface area contributed by atoms with Crippen molar-refractivity contribution in [2.75, 3.05) is 6.54 Å². The van der Waals surface area contributed by atoms with E-state index < -0.39 is 0 Å². The lowest BCUT2D eigenvalue weighted by Gasteiger charge is -2.07. The van der Waals surface area contributed by atoms with Crippen molar-refractivity contribution in [2.24, 2.45) is 0 Å². The van der Waals surface area contributed by atoms with Gasteiger partial charge in [0.05, 0.1) is 11.0 Å². The molecule has 94 valence electrons. The first-order chi connectivity index (χ1) is 8.92. The highest BCUT2D eigenvalue weighted by atomic mass is 15.1. The Hall–Kier alpha value is -1.35. The van der Waals surface area contributed by atoms with Crippen LogP contribution in [0.1, 0.15) is 37.5 Å². The molecule has 3 heteroatoms. The molecule has 1 N–H and O–H groups in total. The number of benzene rings is 1. The Morgan fingerprint density at radius 1 is 1.17 bits per heavy atom. The molecule has 18 heavy (non-hydrogen) atoms. The summed E-state index contributed by atoms with van der Waals surface area (Å²) in [5.74, 6) is 1.27. The number of imidazole rings is 1. The third-order valence-electron chi connectivity index (χ3n) is 3.94. The van der Waals surface area contributed by atoms with Crippen LogP contribution in [0.3, 0.4) is 0 Å². The molecule has 0 saturated heterocycles. The predicted molar refractivity (Wildman–Crippen MR) is 72.7 cm³/mol. The van der Waals surface area contributed by atoms with Gasteiger partial charge in [0.2, 0.25) is 0 Å². The van der Waals surface area contributed by atoms with Crippen molar-refractivity contribution in [3.05, 3.63) is 30.1 Å². The minimum absolute atomic E-state index is 0.716. The molecular weight excluding hydrogens is 222 g/mol. The van der Waals surface area contributed by atoms with Crippen LogP contribution in [-0.4, -0.2) is 22.1 Å². The monoisotopic (exact) mass is 241 g/mol. The average Bonchev–Trinajstić information content (AvgIpc) is 3.28. The fourth-order valence-electron chi connectivity index (χ4n) is 2.69. The highest BCUT2D eigenvalue weighted by molar-refractivity contribution is 5.76. The van der Waals surface area contributed by atoms with Gasteiger partial charge in [0.1, 0.15) is 5.82 Å². The topological polar surface area (TPSA) is 29.9 Å². The van der Waals surface area contributed by atoms with E-state index in [-0.39, 0.29) is 0 Å².